The topological polar surface area (TPSA) is 85.4 Å². The second-order valence-corrected chi connectivity index (χ2v) is 9.37. The minimum atomic E-state index is -2.17. The van der Waals surface area contributed by atoms with Crippen molar-refractivity contribution in [1.82, 2.24) is 9.88 Å². The first-order valence-electron chi connectivity index (χ1n) is 10.7. The van der Waals surface area contributed by atoms with Gasteiger partial charge in [-0.05, 0) is 73.3 Å². The third-order valence-corrected chi connectivity index (χ3v) is 6.73. The Kier molecular flexibility index (Phi) is 6.20. The molecule has 7 heteroatoms. The highest BCUT2D eigenvalue weighted by atomic mass is 32.2. The average Bonchev–Trinajstić information content (AvgIpc) is 3.33. The van der Waals surface area contributed by atoms with Gasteiger partial charge in [0.25, 0.3) is 5.91 Å². The molecule has 2 aliphatic carbocycles. The molecular weight excluding hydrogens is 398 g/mol. The average molecular weight is 427 g/mol. The standard InChI is InChI=1S/C23H29N3O3S/c1-3-9-26(10-11-30(28)29)23(27)22-21-17-8-7-16(13-17)20(21)19(14-24-22)25-18-6-4-5-15(2)12-18/h4-6,12,14,16-17,25H,3,7-11,13H2,1-2H3,(H,28,29)/p-1. The molecule has 160 valence electrons. The van der Waals surface area contributed by atoms with E-state index in [9.17, 15) is 13.6 Å². The molecule has 0 spiro atoms. The largest absolute Gasteiger partial charge is 0.772 e. The normalized spacial score (nSPS) is 20.1. The van der Waals surface area contributed by atoms with Crippen molar-refractivity contribution in [2.75, 3.05) is 24.2 Å². The highest BCUT2D eigenvalue weighted by Crippen LogP contribution is 2.56. The van der Waals surface area contributed by atoms with Crippen molar-refractivity contribution >= 4 is 28.4 Å². The number of pyridine rings is 1. The Morgan fingerprint density at radius 3 is 2.73 bits per heavy atom. The number of hydrogen-bond donors (Lipinski definition) is 1. The summed E-state index contributed by atoms with van der Waals surface area (Å²) in [5, 5.41) is 3.52. The Bertz CT molecular complexity index is 978. The first-order valence-corrected chi connectivity index (χ1v) is 11.9. The molecule has 3 unspecified atom stereocenters. The summed E-state index contributed by atoms with van der Waals surface area (Å²) >= 11 is -2.17. The van der Waals surface area contributed by atoms with Crippen molar-refractivity contribution in [3.63, 3.8) is 0 Å². The van der Waals surface area contributed by atoms with Crippen molar-refractivity contribution in [3.8, 4) is 0 Å². The second-order valence-electron chi connectivity index (χ2n) is 8.35. The lowest BCUT2D eigenvalue weighted by Gasteiger charge is -2.26. The number of hydrogen-bond acceptors (Lipinski definition) is 5. The number of nitrogens with one attached hydrogen (secondary N) is 1. The molecule has 2 aromatic rings. The quantitative estimate of drug-likeness (QED) is 0.639. The van der Waals surface area contributed by atoms with Crippen molar-refractivity contribution in [3.05, 3.63) is 52.8 Å². The monoisotopic (exact) mass is 426 g/mol. The van der Waals surface area contributed by atoms with Gasteiger partial charge in [0.1, 0.15) is 5.69 Å². The van der Waals surface area contributed by atoms with Crippen molar-refractivity contribution in [2.24, 2.45) is 0 Å². The molecule has 6 nitrogen and oxygen atoms in total. The van der Waals surface area contributed by atoms with Crippen LogP contribution in [0.4, 0.5) is 11.4 Å². The number of anilines is 2. The maximum absolute atomic E-state index is 13.3. The Morgan fingerprint density at radius 2 is 2.03 bits per heavy atom. The number of carbonyl (C=O) groups is 1. The Balaban J connectivity index is 1.68. The summed E-state index contributed by atoms with van der Waals surface area (Å²) in [6, 6.07) is 8.23. The number of rotatable bonds is 8. The second kappa shape index (κ2) is 8.86. The molecule has 1 heterocycles. The van der Waals surface area contributed by atoms with Crippen LogP contribution in [-0.2, 0) is 11.1 Å². The predicted molar refractivity (Wildman–Crippen MR) is 118 cm³/mol. The molecule has 4 rings (SSSR count). The lowest BCUT2D eigenvalue weighted by molar-refractivity contribution is 0.0758. The lowest BCUT2D eigenvalue weighted by atomic mass is 9.89. The minimum Gasteiger partial charge on any atom is -0.772 e. The summed E-state index contributed by atoms with van der Waals surface area (Å²) in [6.07, 6.45) is 5.86. The van der Waals surface area contributed by atoms with Crippen LogP contribution >= 0.6 is 0 Å². The summed E-state index contributed by atoms with van der Waals surface area (Å²) in [4.78, 5) is 19.6. The molecule has 1 fully saturated rings. The van der Waals surface area contributed by atoms with Gasteiger partial charge in [-0.3, -0.25) is 9.00 Å². The number of fused-ring (bicyclic) bond motifs is 5. The van der Waals surface area contributed by atoms with Gasteiger partial charge in [0, 0.05) is 24.5 Å². The van der Waals surface area contributed by atoms with Crippen LogP contribution in [0.15, 0.2) is 30.5 Å². The zero-order chi connectivity index (χ0) is 21.3. The fraction of sp³-hybridized carbons (Fsp3) is 0.478. The fourth-order valence-electron chi connectivity index (χ4n) is 4.97. The molecule has 3 atom stereocenters. The summed E-state index contributed by atoms with van der Waals surface area (Å²) in [5.74, 6) is 0.633. The van der Waals surface area contributed by atoms with Gasteiger partial charge in [-0.2, -0.15) is 0 Å². The number of benzene rings is 1. The van der Waals surface area contributed by atoms with E-state index in [1.807, 2.05) is 19.1 Å². The molecule has 0 radical (unpaired) electrons. The zero-order valence-corrected chi connectivity index (χ0v) is 18.3. The molecule has 2 aliphatic rings. The number of nitrogens with zero attached hydrogens (tertiary/aromatic N) is 2. The molecule has 0 aliphatic heterocycles. The predicted octanol–water partition coefficient (Wildman–Crippen LogP) is 4.23. The van der Waals surface area contributed by atoms with E-state index in [1.165, 1.54) is 11.1 Å². The van der Waals surface area contributed by atoms with Crippen LogP contribution in [0.2, 0.25) is 0 Å². The highest BCUT2D eigenvalue weighted by molar-refractivity contribution is 7.79. The smallest absolute Gasteiger partial charge is 0.272 e. The van der Waals surface area contributed by atoms with E-state index in [2.05, 4.69) is 29.4 Å². The first-order chi connectivity index (χ1) is 14.5. The summed E-state index contributed by atoms with van der Waals surface area (Å²) in [5.41, 5.74) is 6.02. The van der Waals surface area contributed by atoms with Crippen LogP contribution < -0.4 is 5.32 Å². The van der Waals surface area contributed by atoms with Gasteiger partial charge in [-0.25, -0.2) is 4.98 Å². The Morgan fingerprint density at radius 1 is 1.27 bits per heavy atom. The molecule has 1 aromatic carbocycles. The van der Waals surface area contributed by atoms with E-state index in [-0.39, 0.29) is 18.2 Å². The molecule has 1 amide bonds. The number of aromatic nitrogens is 1. The van der Waals surface area contributed by atoms with Gasteiger partial charge in [0.05, 0.1) is 11.9 Å². The van der Waals surface area contributed by atoms with E-state index < -0.39 is 11.1 Å². The van der Waals surface area contributed by atoms with E-state index in [4.69, 9.17) is 0 Å². The zero-order valence-electron chi connectivity index (χ0n) is 17.5. The number of carbonyl (C=O) groups excluding carboxylic acids is 1. The maximum atomic E-state index is 13.3. The summed E-state index contributed by atoms with van der Waals surface area (Å²) in [6.45, 7) is 4.79. The Hall–Kier alpha value is -2.25. The van der Waals surface area contributed by atoms with Crippen molar-refractivity contribution in [1.29, 1.82) is 0 Å². The minimum absolute atomic E-state index is 0.0486. The van der Waals surface area contributed by atoms with E-state index >= 15 is 0 Å². The van der Waals surface area contributed by atoms with Gasteiger partial charge in [0.15, 0.2) is 0 Å². The lowest BCUT2D eigenvalue weighted by Crippen LogP contribution is -2.36. The van der Waals surface area contributed by atoms with Crippen LogP contribution in [0.25, 0.3) is 0 Å². The number of amides is 1. The van der Waals surface area contributed by atoms with Gasteiger partial charge in [-0.15, -0.1) is 0 Å². The van der Waals surface area contributed by atoms with E-state index in [0.717, 1.165) is 42.6 Å². The van der Waals surface area contributed by atoms with Crippen molar-refractivity contribution < 1.29 is 13.6 Å². The third-order valence-electron chi connectivity index (χ3n) is 6.22. The van der Waals surface area contributed by atoms with Gasteiger partial charge >= 0.3 is 0 Å². The summed E-state index contributed by atoms with van der Waals surface area (Å²) in [7, 11) is 0. The van der Waals surface area contributed by atoms with Crippen LogP contribution in [-0.4, -0.2) is 43.4 Å². The molecular formula is C23H28N3O3S-. The number of aryl methyl sites for hydroxylation is 1. The van der Waals surface area contributed by atoms with Gasteiger partial charge in [-0.1, -0.05) is 30.1 Å². The van der Waals surface area contributed by atoms with Crippen molar-refractivity contribution in [2.45, 2.75) is 51.4 Å². The molecule has 2 bridgehead atoms. The van der Waals surface area contributed by atoms with Crippen LogP contribution in [0.3, 0.4) is 0 Å². The first kappa shape index (κ1) is 21.0. The van der Waals surface area contributed by atoms with Crippen LogP contribution in [0.1, 0.15) is 71.6 Å². The molecule has 1 aromatic heterocycles. The fourth-order valence-corrected chi connectivity index (χ4v) is 5.34. The van der Waals surface area contributed by atoms with E-state index in [1.54, 1.807) is 11.1 Å². The van der Waals surface area contributed by atoms with E-state index in [0.29, 0.717) is 24.1 Å². The van der Waals surface area contributed by atoms with Gasteiger partial charge in [0.2, 0.25) is 0 Å². The summed E-state index contributed by atoms with van der Waals surface area (Å²) < 4.78 is 22.1. The Labute approximate surface area is 180 Å². The van der Waals surface area contributed by atoms with Crippen LogP contribution in [0.5, 0.6) is 0 Å². The molecule has 0 saturated heterocycles. The highest BCUT2D eigenvalue weighted by Gasteiger charge is 2.42. The van der Waals surface area contributed by atoms with Gasteiger partial charge < -0.3 is 14.8 Å². The molecule has 1 saturated carbocycles. The molecule has 1 N–H and O–H groups in total. The third kappa shape index (κ3) is 4.14. The maximum Gasteiger partial charge on any atom is 0.272 e. The SMILES string of the molecule is CCCN(CCS(=O)[O-])C(=O)c1ncc(Nc2cccc(C)c2)c2c1C1CCC2C1. The molecule has 30 heavy (non-hydrogen) atoms. The van der Waals surface area contributed by atoms with Crippen LogP contribution in [0, 0.1) is 6.92 Å².